The molecule has 0 saturated carbocycles. The van der Waals surface area contributed by atoms with E-state index < -0.39 is 12.4 Å². The maximum Gasteiger partial charge on any atom is 0.513 e. The first-order chi connectivity index (χ1) is 7.80. The highest BCUT2D eigenvalue weighted by atomic mass is 19.4. The average Bonchev–Trinajstić information content (AvgIpc) is 2.18. The summed E-state index contributed by atoms with van der Waals surface area (Å²) in [6, 6.07) is 4.11. The van der Waals surface area contributed by atoms with Crippen molar-refractivity contribution in [3.63, 3.8) is 0 Å². The summed E-state index contributed by atoms with van der Waals surface area (Å²) in [6.45, 7) is 0.489. The summed E-state index contributed by atoms with van der Waals surface area (Å²) in [6.07, 6.45) is 1.74. The van der Waals surface area contributed by atoms with Gasteiger partial charge < -0.3 is 17.7 Å². The Bertz CT molecular complexity index is 420. The van der Waals surface area contributed by atoms with Gasteiger partial charge in [0.15, 0.2) is 0 Å². The molecule has 0 atom stereocenters. The molecular formula is C12H15BF3O-. The van der Waals surface area contributed by atoms with Gasteiger partial charge in [-0.3, -0.25) is 0 Å². The Kier molecular flexibility index (Phi) is 4.26. The van der Waals surface area contributed by atoms with Crippen LogP contribution in [0.1, 0.15) is 19.4 Å². The van der Waals surface area contributed by atoms with Gasteiger partial charge >= 0.3 is 6.98 Å². The van der Waals surface area contributed by atoms with Crippen LogP contribution >= 0.6 is 0 Å². The van der Waals surface area contributed by atoms with Gasteiger partial charge in [0.1, 0.15) is 6.61 Å². The molecule has 0 unspecified atom stereocenters. The summed E-state index contributed by atoms with van der Waals surface area (Å²) in [7, 11) is 0. The lowest BCUT2D eigenvalue weighted by molar-refractivity contribution is 0.362. The van der Waals surface area contributed by atoms with E-state index >= 15 is 0 Å². The van der Waals surface area contributed by atoms with Gasteiger partial charge in [-0.1, -0.05) is 28.7 Å². The van der Waals surface area contributed by atoms with Crippen molar-refractivity contribution < 1.29 is 17.7 Å². The zero-order valence-corrected chi connectivity index (χ0v) is 10.1. The molecule has 0 saturated heterocycles. The van der Waals surface area contributed by atoms with E-state index in [1.54, 1.807) is 19.1 Å². The molecule has 0 bridgehead atoms. The zero-order valence-electron chi connectivity index (χ0n) is 10.1. The van der Waals surface area contributed by atoms with Crippen molar-refractivity contribution in [3.8, 4) is 5.75 Å². The van der Waals surface area contributed by atoms with Gasteiger partial charge in [0.2, 0.25) is 0 Å². The lowest BCUT2D eigenvalue weighted by Crippen LogP contribution is -2.35. The second kappa shape index (κ2) is 5.30. The molecule has 0 aliphatic rings. The molecule has 94 valence electrons. The van der Waals surface area contributed by atoms with E-state index in [0.717, 1.165) is 11.6 Å². The lowest BCUT2D eigenvalue weighted by atomic mass is 9.78. The number of ether oxygens (including phenoxy) is 1. The van der Waals surface area contributed by atoms with E-state index in [4.69, 9.17) is 4.74 Å². The van der Waals surface area contributed by atoms with Crippen LogP contribution in [-0.2, 0) is 0 Å². The first-order valence-electron chi connectivity index (χ1n) is 5.37. The molecule has 1 nitrogen and oxygen atoms in total. The van der Waals surface area contributed by atoms with Crippen molar-refractivity contribution in [2.24, 2.45) is 0 Å². The van der Waals surface area contributed by atoms with Gasteiger partial charge in [-0.15, -0.1) is 0 Å². The molecule has 0 amide bonds. The number of halogens is 3. The molecule has 1 rings (SSSR count). The summed E-state index contributed by atoms with van der Waals surface area (Å²) < 4.78 is 43.5. The van der Waals surface area contributed by atoms with Crippen LogP contribution in [0.3, 0.4) is 0 Å². The maximum atomic E-state index is 12.8. The smallest absolute Gasteiger partial charge is 0.493 e. The van der Waals surface area contributed by atoms with Crippen LogP contribution in [0.15, 0.2) is 29.8 Å². The molecule has 17 heavy (non-hydrogen) atoms. The normalized spacial score (nSPS) is 11.2. The second-order valence-corrected chi connectivity index (χ2v) is 4.21. The molecule has 0 aliphatic heterocycles. The van der Waals surface area contributed by atoms with E-state index in [1.807, 2.05) is 13.8 Å². The Hall–Kier alpha value is -1.39. The zero-order chi connectivity index (χ0) is 13.1. The Morgan fingerprint density at radius 2 is 1.94 bits per heavy atom. The standard InChI is InChI=1S/C12H15BF3O/c1-9(2)6-7-17-12-5-4-10(3)8-11(12)13(14,15)16/h4-6,8H,7H2,1-3H3/q-1. The first kappa shape index (κ1) is 13.7. The molecule has 5 heteroatoms. The fourth-order valence-electron chi connectivity index (χ4n) is 1.35. The van der Waals surface area contributed by atoms with Crippen LogP contribution in [0, 0.1) is 6.92 Å². The van der Waals surface area contributed by atoms with Crippen LogP contribution in [0.2, 0.25) is 0 Å². The van der Waals surface area contributed by atoms with Gasteiger partial charge in [0.25, 0.3) is 0 Å². The number of benzene rings is 1. The maximum absolute atomic E-state index is 12.8. The van der Waals surface area contributed by atoms with Crippen molar-refractivity contribution >= 4 is 12.4 Å². The molecular weight excluding hydrogens is 228 g/mol. The molecule has 0 aromatic heterocycles. The number of hydrogen-bond donors (Lipinski definition) is 0. The number of aryl methyl sites for hydroxylation is 1. The summed E-state index contributed by atoms with van der Waals surface area (Å²) in [5.74, 6) is -0.0967. The predicted molar refractivity (Wildman–Crippen MR) is 64.8 cm³/mol. The Morgan fingerprint density at radius 3 is 2.47 bits per heavy atom. The van der Waals surface area contributed by atoms with Gasteiger partial charge in [-0.25, -0.2) is 0 Å². The summed E-state index contributed by atoms with van der Waals surface area (Å²) in [4.78, 5) is 0. The number of hydrogen-bond acceptors (Lipinski definition) is 1. The highest BCUT2D eigenvalue weighted by Crippen LogP contribution is 2.19. The summed E-state index contributed by atoms with van der Waals surface area (Å²) in [5.41, 5.74) is 0.928. The van der Waals surface area contributed by atoms with Crippen LogP contribution in [-0.4, -0.2) is 13.6 Å². The van der Waals surface area contributed by atoms with E-state index in [1.165, 1.54) is 6.07 Å². The predicted octanol–water partition coefficient (Wildman–Crippen LogP) is 3.39. The highest BCUT2D eigenvalue weighted by Gasteiger charge is 2.29. The molecule has 0 radical (unpaired) electrons. The van der Waals surface area contributed by atoms with Crippen molar-refractivity contribution in [2.45, 2.75) is 20.8 Å². The SMILES string of the molecule is CC(C)=CCOc1ccc(C)cc1[B-](F)(F)F. The van der Waals surface area contributed by atoms with E-state index in [0.29, 0.717) is 5.56 Å². The van der Waals surface area contributed by atoms with Crippen molar-refractivity contribution in [2.75, 3.05) is 6.61 Å². The van der Waals surface area contributed by atoms with Gasteiger partial charge in [0, 0.05) is 0 Å². The van der Waals surface area contributed by atoms with E-state index in [9.17, 15) is 12.9 Å². The Balaban J connectivity index is 2.95. The molecule has 0 fully saturated rings. The minimum absolute atomic E-state index is 0.0967. The summed E-state index contributed by atoms with van der Waals surface area (Å²) >= 11 is 0. The van der Waals surface area contributed by atoms with Crippen LogP contribution in [0.4, 0.5) is 12.9 Å². The third-order valence-corrected chi connectivity index (χ3v) is 2.25. The highest BCUT2D eigenvalue weighted by molar-refractivity contribution is 6.74. The number of rotatable bonds is 4. The fourth-order valence-corrected chi connectivity index (χ4v) is 1.35. The lowest BCUT2D eigenvalue weighted by Gasteiger charge is -2.20. The third kappa shape index (κ3) is 4.17. The van der Waals surface area contributed by atoms with Gasteiger partial charge in [-0.05, 0) is 32.9 Å². The molecule has 1 aromatic carbocycles. The monoisotopic (exact) mass is 243 g/mol. The van der Waals surface area contributed by atoms with Crippen molar-refractivity contribution in [3.05, 3.63) is 35.4 Å². The molecule has 0 spiro atoms. The molecule has 0 N–H and O–H groups in total. The van der Waals surface area contributed by atoms with Crippen LogP contribution in [0.5, 0.6) is 5.75 Å². The first-order valence-corrected chi connectivity index (χ1v) is 5.37. The second-order valence-electron chi connectivity index (χ2n) is 4.21. The van der Waals surface area contributed by atoms with Crippen LogP contribution < -0.4 is 10.2 Å². The quantitative estimate of drug-likeness (QED) is 0.581. The third-order valence-electron chi connectivity index (χ3n) is 2.25. The molecule has 1 aromatic rings. The van der Waals surface area contributed by atoms with E-state index in [2.05, 4.69) is 0 Å². The van der Waals surface area contributed by atoms with Crippen molar-refractivity contribution in [1.29, 1.82) is 0 Å². The minimum Gasteiger partial charge on any atom is -0.493 e. The molecule has 0 heterocycles. The Labute approximate surface area is 99.3 Å². The fraction of sp³-hybridized carbons (Fsp3) is 0.333. The summed E-state index contributed by atoms with van der Waals surface area (Å²) in [5, 5.41) is 0. The largest absolute Gasteiger partial charge is 0.513 e. The number of allylic oxidation sites excluding steroid dienone is 1. The van der Waals surface area contributed by atoms with Crippen LogP contribution in [0.25, 0.3) is 0 Å². The minimum atomic E-state index is -5.03. The van der Waals surface area contributed by atoms with Gasteiger partial charge in [0.05, 0.1) is 5.75 Å². The van der Waals surface area contributed by atoms with Gasteiger partial charge in [-0.2, -0.15) is 0 Å². The average molecular weight is 243 g/mol. The van der Waals surface area contributed by atoms with E-state index in [-0.39, 0.29) is 12.4 Å². The topological polar surface area (TPSA) is 9.23 Å². The molecule has 0 aliphatic carbocycles. The Morgan fingerprint density at radius 1 is 1.29 bits per heavy atom. The van der Waals surface area contributed by atoms with Crippen molar-refractivity contribution in [1.82, 2.24) is 0 Å².